The van der Waals surface area contributed by atoms with Gasteiger partial charge in [-0.25, -0.2) is 9.59 Å². The number of nitrogens with one attached hydrogen (secondary N) is 2. The van der Waals surface area contributed by atoms with Crippen molar-refractivity contribution in [3.63, 3.8) is 0 Å². The molecule has 0 aromatic rings. The number of esters is 2. The summed E-state index contributed by atoms with van der Waals surface area (Å²) in [6, 6.07) is -2.14. The Hall–Kier alpha value is -1.49. The molecule has 1 fully saturated rings. The first kappa shape index (κ1) is 25.5. The predicted molar refractivity (Wildman–Crippen MR) is 110 cm³/mol. The topological polar surface area (TPSA) is 123 Å². The van der Waals surface area contributed by atoms with Crippen molar-refractivity contribution in [2.75, 3.05) is 19.8 Å². The number of carbonyl (C=O) groups is 3. The van der Waals surface area contributed by atoms with E-state index in [1.807, 2.05) is 0 Å². The molecule has 29 heavy (non-hydrogen) atoms. The highest BCUT2D eigenvalue weighted by atomic mass is 28.4. The maximum Gasteiger partial charge on any atom is 0.337 e. The minimum atomic E-state index is -1.98. The maximum absolute atomic E-state index is 12.7. The average molecular weight is 433 g/mol. The number of ether oxygens (including phenoxy) is 2. The monoisotopic (exact) mass is 432 g/mol. The van der Waals surface area contributed by atoms with Gasteiger partial charge in [0, 0.05) is 6.54 Å². The van der Waals surface area contributed by atoms with E-state index in [0.717, 1.165) is 0 Å². The highest BCUT2D eigenvalue weighted by molar-refractivity contribution is 6.74. The number of aliphatic hydroxyl groups excluding tert-OH is 1. The second-order valence-electron chi connectivity index (χ2n) is 8.63. The summed E-state index contributed by atoms with van der Waals surface area (Å²) >= 11 is 0. The molecule has 9 nitrogen and oxygen atoms in total. The summed E-state index contributed by atoms with van der Waals surface area (Å²) in [5.41, 5.74) is 0. The van der Waals surface area contributed by atoms with Gasteiger partial charge >= 0.3 is 11.9 Å². The van der Waals surface area contributed by atoms with Crippen LogP contribution in [0.2, 0.25) is 18.1 Å². The van der Waals surface area contributed by atoms with Crippen LogP contribution in [0.25, 0.3) is 0 Å². The SMILES string of the molecule is CCOC(=O)[C@H](O)[C@@H](NC(=O)[C@@H]1C[C@@H](O[Si](C)(C)C(C)(C)C)CN1)C(=O)OCC. The lowest BCUT2D eigenvalue weighted by Crippen LogP contribution is -2.56. The quantitative estimate of drug-likeness (QED) is 0.360. The molecule has 0 saturated carbocycles. The molecule has 3 N–H and O–H groups in total. The van der Waals surface area contributed by atoms with Crippen LogP contribution in [0.3, 0.4) is 0 Å². The first-order valence-electron chi connectivity index (χ1n) is 10.1. The van der Waals surface area contributed by atoms with E-state index in [4.69, 9.17) is 13.9 Å². The Kier molecular flexibility index (Phi) is 9.26. The van der Waals surface area contributed by atoms with E-state index in [1.54, 1.807) is 13.8 Å². The fraction of sp³-hybridized carbons (Fsp3) is 0.842. The first-order chi connectivity index (χ1) is 13.3. The smallest absolute Gasteiger partial charge is 0.337 e. The van der Waals surface area contributed by atoms with Crippen molar-refractivity contribution in [1.29, 1.82) is 0 Å². The van der Waals surface area contributed by atoms with Gasteiger partial charge in [-0.2, -0.15) is 0 Å². The minimum Gasteiger partial charge on any atom is -0.464 e. The van der Waals surface area contributed by atoms with Crippen LogP contribution in [0.5, 0.6) is 0 Å². The molecule has 1 aliphatic rings. The Balaban J connectivity index is 2.78. The van der Waals surface area contributed by atoms with Crippen LogP contribution in [-0.4, -0.2) is 75.3 Å². The molecule has 0 bridgehead atoms. The number of aliphatic hydroxyl groups is 1. The van der Waals surface area contributed by atoms with Crippen molar-refractivity contribution in [3.05, 3.63) is 0 Å². The number of amides is 1. The van der Waals surface area contributed by atoms with Gasteiger partial charge in [0.25, 0.3) is 0 Å². The summed E-state index contributed by atoms with van der Waals surface area (Å²) < 4.78 is 16.0. The predicted octanol–water partition coefficient (Wildman–Crippen LogP) is 0.711. The molecule has 0 unspecified atom stereocenters. The molecule has 0 spiro atoms. The van der Waals surface area contributed by atoms with Crippen LogP contribution in [0.1, 0.15) is 41.0 Å². The fourth-order valence-corrected chi connectivity index (χ4v) is 4.07. The summed E-state index contributed by atoms with van der Waals surface area (Å²) in [5, 5.41) is 15.7. The lowest BCUT2D eigenvalue weighted by molar-refractivity contribution is -0.163. The van der Waals surface area contributed by atoms with Crippen molar-refractivity contribution in [1.82, 2.24) is 10.6 Å². The third-order valence-electron chi connectivity index (χ3n) is 5.36. The molecule has 0 aromatic heterocycles. The van der Waals surface area contributed by atoms with Gasteiger partial charge in [-0.15, -0.1) is 0 Å². The highest BCUT2D eigenvalue weighted by Crippen LogP contribution is 2.38. The fourth-order valence-electron chi connectivity index (χ4n) is 2.70. The normalized spacial score (nSPS) is 21.9. The third kappa shape index (κ3) is 7.05. The molecule has 1 rings (SSSR count). The first-order valence-corrected chi connectivity index (χ1v) is 13.0. The standard InChI is InChI=1S/C19H36N2O7Si/c1-8-26-17(24)14(15(22)18(25)27-9-2)21-16(23)13-10-12(11-20-13)28-29(6,7)19(3,4)5/h12-15,20,22H,8-11H2,1-7H3,(H,21,23)/t12-,13+,14-,15-/m1/s1. The number of carbonyl (C=O) groups excluding carboxylic acids is 3. The van der Waals surface area contributed by atoms with Crippen LogP contribution in [0, 0.1) is 0 Å². The van der Waals surface area contributed by atoms with Gasteiger partial charge in [0.1, 0.15) is 0 Å². The average Bonchev–Trinajstić information content (AvgIpc) is 3.06. The third-order valence-corrected chi connectivity index (χ3v) is 9.89. The van der Waals surface area contributed by atoms with Gasteiger partial charge in [-0.1, -0.05) is 20.8 Å². The lowest BCUT2D eigenvalue weighted by Gasteiger charge is -2.38. The van der Waals surface area contributed by atoms with Crippen LogP contribution < -0.4 is 10.6 Å². The molecule has 1 aliphatic heterocycles. The lowest BCUT2D eigenvalue weighted by atomic mass is 10.1. The zero-order valence-corrected chi connectivity index (χ0v) is 19.5. The van der Waals surface area contributed by atoms with Gasteiger partial charge in [0.15, 0.2) is 20.5 Å². The van der Waals surface area contributed by atoms with Crippen molar-refractivity contribution >= 4 is 26.2 Å². The summed E-state index contributed by atoms with van der Waals surface area (Å²) in [6.45, 7) is 14.5. The molecule has 4 atom stereocenters. The summed E-state index contributed by atoms with van der Waals surface area (Å²) in [6.07, 6.45) is -1.54. The molecule has 1 amide bonds. The molecular weight excluding hydrogens is 396 g/mol. The van der Waals surface area contributed by atoms with E-state index in [1.165, 1.54) is 0 Å². The molecule has 0 aromatic carbocycles. The van der Waals surface area contributed by atoms with Crippen LogP contribution in [0.4, 0.5) is 0 Å². The number of hydrogen-bond donors (Lipinski definition) is 3. The zero-order chi connectivity index (χ0) is 22.4. The van der Waals surface area contributed by atoms with Gasteiger partial charge in [0.05, 0.1) is 25.4 Å². The van der Waals surface area contributed by atoms with E-state index in [2.05, 4.69) is 44.5 Å². The van der Waals surface area contributed by atoms with Crippen LogP contribution >= 0.6 is 0 Å². The summed E-state index contributed by atoms with van der Waals surface area (Å²) in [5.74, 6) is -2.40. The maximum atomic E-state index is 12.7. The second-order valence-corrected chi connectivity index (χ2v) is 13.4. The molecule has 10 heteroatoms. The van der Waals surface area contributed by atoms with Crippen molar-refractivity contribution in [2.24, 2.45) is 0 Å². The van der Waals surface area contributed by atoms with Crippen molar-refractivity contribution in [2.45, 2.75) is 83.5 Å². The molecule has 1 saturated heterocycles. The molecule has 168 valence electrons. The van der Waals surface area contributed by atoms with E-state index in [0.29, 0.717) is 13.0 Å². The number of rotatable bonds is 9. The Morgan fingerprint density at radius 1 is 1.14 bits per heavy atom. The molecule has 0 aliphatic carbocycles. The summed E-state index contributed by atoms with van der Waals surface area (Å²) in [7, 11) is -1.98. The van der Waals surface area contributed by atoms with E-state index in [9.17, 15) is 19.5 Å². The van der Waals surface area contributed by atoms with Gasteiger partial charge in [-0.3, -0.25) is 4.79 Å². The Labute approximate surface area is 174 Å². The van der Waals surface area contributed by atoms with Crippen LogP contribution in [0.15, 0.2) is 0 Å². The Morgan fingerprint density at radius 3 is 2.21 bits per heavy atom. The largest absolute Gasteiger partial charge is 0.464 e. The Bertz CT molecular complexity index is 592. The highest BCUT2D eigenvalue weighted by Gasteiger charge is 2.43. The zero-order valence-electron chi connectivity index (χ0n) is 18.5. The Morgan fingerprint density at radius 2 is 1.69 bits per heavy atom. The van der Waals surface area contributed by atoms with Gasteiger partial charge < -0.3 is 29.6 Å². The van der Waals surface area contributed by atoms with E-state index >= 15 is 0 Å². The second kappa shape index (κ2) is 10.5. The summed E-state index contributed by atoms with van der Waals surface area (Å²) in [4.78, 5) is 36.7. The molecular formula is C19H36N2O7Si. The van der Waals surface area contributed by atoms with E-state index in [-0.39, 0.29) is 24.4 Å². The van der Waals surface area contributed by atoms with E-state index < -0.39 is 44.4 Å². The molecule has 0 radical (unpaired) electrons. The minimum absolute atomic E-state index is 0.0377. The van der Waals surface area contributed by atoms with Crippen molar-refractivity contribution < 1.29 is 33.4 Å². The van der Waals surface area contributed by atoms with Gasteiger partial charge in [-0.05, 0) is 38.4 Å². The number of hydrogen-bond acceptors (Lipinski definition) is 8. The molecule has 1 heterocycles. The van der Waals surface area contributed by atoms with Crippen LogP contribution in [-0.2, 0) is 28.3 Å². The van der Waals surface area contributed by atoms with Gasteiger partial charge in [0.2, 0.25) is 5.91 Å². The van der Waals surface area contributed by atoms with Crippen molar-refractivity contribution in [3.8, 4) is 0 Å².